The minimum Gasteiger partial charge on any atom is -0.480 e. The van der Waals surface area contributed by atoms with E-state index in [-0.39, 0.29) is 0 Å². The molecule has 26 heavy (non-hydrogen) atoms. The second kappa shape index (κ2) is 8.16. The van der Waals surface area contributed by atoms with Gasteiger partial charge in [-0.3, -0.25) is 4.79 Å². The molecule has 0 aromatic heterocycles. The van der Waals surface area contributed by atoms with Crippen LogP contribution in [0, 0.1) is 0 Å². The lowest BCUT2D eigenvalue weighted by molar-refractivity contribution is -0.139. The number of carboxylic acid groups (broad SMARTS) is 1. The van der Waals surface area contributed by atoms with Crippen molar-refractivity contribution in [2.24, 2.45) is 0 Å². The molecule has 0 spiro atoms. The highest BCUT2D eigenvalue weighted by Gasteiger charge is 2.28. The molecule has 1 atom stereocenters. The zero-order valence-corrected chi connectivity index (χ0v) is 14.2. The average molecular weight is 353 g/mol. The summed E-state index contributed by atoms with van der Waals surface area (Å²) < 4.78 is 5.10. The number of carbonyl (C=O) groups excluding carboxylic acids is 1. The van der Waals surface area contributed by atoms with Crippen molar-refractivity contribution in [2.45, 2.75) is 31.9 Å². The van der Waals surface area contributed by atoms with E-state index in [0.717, 1.165) is 17.5 Å². The van der Waals surface area contributed by atoms with E-state index >= 15 is 0 Å². The van der Waals surface area contributed by atoms with Crippen molar-refractivity contribution < 1.29 is 24.4 Å². The molecule has 0 bridgehead atoms. The third-order valence-electron chi connectivity index (χ3n) is 4.48. The first-order chi connectivity index (χ1) is 12.5. The lowest BCUT2D eigenvalue weighted by Crippen LogP contribution is -2.41. The summed E-state index contributed by atoms with van der Waals surface area (Å²) >= 11 is 0. The summed E-state index contributed by atoms with van der Waals surface area (Å²) in [5, 5.41) is 21.7. The summed E-state index contributed by atoms with van der Waals surface area (Å²) in [5.74, 6) is -1.53. The van der Waals surface area contributed by atoms with Crippen molar-refractivity contribution in [1.82, 2.24) is 5.32 Å². The Hall–Kier alpha value is -2.64. The van der Waals surface area contributed by atoms with Gasteiger partial charge in [-0.05, 0) is 48.0 Å². The fourth-order valence-electron chi connectivity index (χ4n) is 3.01. The maximum atomic E-state index is 12.4. The summed E-state index contributed by atoms with van der Waals surface area (Å²) in [4.78, 5) is 23.9. The van der Waals surface area contributed by atoms with Gasteiger partial charge in [-0.25, -0.2) is 4.79 Å². The summed E-state index contributed by atoms with van der Waals surface area (Å²) in [6, 6.07) is 13.7. The van der Waals surface area contributed by atoms with E-state index in [9.17, 15) is 19.7 Å². The fourth-order valence-corrected chi connectivity index (χ4v) is 3.01. The smallest absolute Gasteiger partial charge is 0.480 e. The van der Waals surface area contributed by atoms with E-state index in [4.69, 9.17) is 4.65 Å². The van der Waals surface area contributed by atoms with Crippen LogP contribution in [0.1, 0.15) is 34.3 Å². The number of fused-ring (bicyclic) bond motifs is 1. The molecule has 2 aromatic rings. The van der Waals surface area contributed by atoms with Gasteiger partial charge in [0.15, 0.2) is 0 Å². The molecule has 1 aliphatic heterocycles. The van der Waals surface area contributed by atoms with Gasteiger partial charge in [0.1, 0.15) is 6.04 Å². The fraction of sp³-hybridized carbons (Fsp3) is 0.263. The predicted octanol–water partition coefficient (Wildman–Crippen LogP) is 1.11. The SMILES string of the molecule is O=C(N[C@@H](CCCc1ccccc1)C(=O)O)c1ccc2c(c1)B(O)OC2. The van der Waals surface area contributed by atoms with Gasteiger partial charge in [-0.15, -0.1) is 0 Å². The van der Waals surface area contributed by atoms with Gasteiger partial charge >= 0.3 is 13.1 Å². The summed E-state index contributed by atoms with van der Waals surface area (Å²) in [5.41, 5.74) is 2.82. The maximum Gasteiger partial charge on any atom is 0.491 e. The molecule has 7 heteroatoms. The maximum absolute atomic E-state index is 12.4. The molecule has 1 amide bonds. The number of benzene rings is 2. The third-order valence-corrected chi connectivity index (χ3v) is 4.48. The Morgan fingerprint density at radius 3 is 2.69 bits per heavy atom. The van der Waals surface area contributed by atoms with E-state index in [2.05, 4.69) is 5.32 Å². The Balaban J connectivity index is 1.60. The number of carbonyl (C=O) groups is 2. The molecule has 0 saturated heterocycles. The predicted molar refractivity (Wildman–Crippen MR) is 97.1 cm³/mol. The van der Waals surface area contributed by atoms with Crippen LogP contribution in [-0.2, 0) is 22.5 Å². The van der Waals surface area contributed by atoms with E-state index in [1.165, 1.54) is 0 Å². The monoisotopic (exact) mass is 353 g/mol. The van der Waals surface area contributed by atoms with Gasteiger partial charge in [0.2, 0.25) is 0 Å². The molecular formula is C19H20BNO5. The average Bonchev–Trinajstić information content (AvgIpc) is 3.02. The van der Waals surface area contributed by atoms with Crippen LogP contribution in [0.3, 0.4) is 0 Å². The van der Waals surface area contributed by atoms with Crippen LogP contribution in [0.2, 0.25) is 0 Å². The molecule has 134 valence electrons. The lowest BCUT2D eigenvalue weighted by atomic mass is 9.79. The van der Waals surface area contributed by atoms with Crippen LogP contribution in [0.5, 0.6) is 0 Å². The number of rotatable bonds is 7. The lowest BCUT2D eigenvalue weighted by Gasteiger charge is -2.15. The number of aliphatic carboxylic acids is 1. The zero-order valence-electron chi connectivity index (χ0n) is 14.2. The van der Waals surface area contributed by atoms with Crippen molar-refractivity contribution in [3.63, 3.8) is 0 Å². The van der Waals surface area contributed by atoms with Gasteiger partial charge in [0.05, 0.1) is 6.61 Å². The molecule has 3 N–H and O–H groups in total. The van der Waals surface area contributed by atoms with Gasteiger partial charge < -0.3 is 20.1 Å². The van der Waals surface area contributed by atoms with Gasteiger partial charge in [-0.1, -0.05) is 36.4 Å². The molecule has 1 aliphatic rings. The number of aryl methyl sites for hydroxylation is 1. The largest absolute Gasteiger partial charge is 0.491 e. The highest BCUT2D eigenvalue weighted by molar-refractivity contribution is 6.61. The van der Waals surface area contributed by atoms with E-state index in [0.29, 0.717) is 30.5 Å². The molecule has 3 rings (SSSR count). The number of carboxylic acids is 1. The van der Waals surface area contributed by atoms with Crippen LogP contribution in [-0.4, -0.2) is 35.2 Å². The first kappa shape index (κ1) is 18.2. The molecule has 0 aliphatic carbocycles. The molecule has 0 radical (unpaired) electrons. The first-order valence-electron chi connectivity index (χ1n) is 8.54. The van der Waals surface area contributed by atoms with Crippen molar-refractivity contribution in [3.8, 4) is 0 Å². The van der Waals surface area contributed by atoms with E-state index in [1.54, 1.807) is 18.2 Å². The minimum atomic E-state index is -1.06. The van der Waals surface area contributed by atoms with Gasteiger partial charge in [0.25, 0.3) is 5.91 Å². The number of amides is 1. The van der Waals surface area contributed by atoms with Crippen molar-refractivity contribution in [3.05, 3.63) is 65.2 Å². The Bertz CT molecular complexity index is 796. The Labute approximate surface area is 152 Å². The summed E-state index contributed by atoms with van der Waals surface area (Å²) in [6.07, 6.45) is 1.74. The van der Waals surface area contributed by atoms with Gasteiger partial charge in [0, 0.05) is 5.56 Å². The molecule has 0 fully saturated rings. The second-order valence-corrected chi connectivity index (χ2v) is 6.32. The minimum absolute atomic E-state index is 0.301. The Morgan fingerprint density at radius 1 is 1.19 bits per heavy atom. The standard InChI is InChI=1S/C19H20BNO5/c22-18(14-9-10-15-12-26-20(25)16(15)11-14)21-17(19(23)24)8-4-7-13-5-2-1-3-6-13/h1-3,5-6,9-11,17,25H,4,7-8,12H2,(H,21,22)(H,23,24)/t17-/m0/s1. The van der Waals surface area contributed by atoms with Crippen LogP contribution >= 0.6 is 0 Å². The van der Waals surface area contributed by atoms with Crippen molar-refractivity contribution in [1.29, 1.82) is 0 Å². The zero-order chi connectivity index (χ0) is 18.5. The topological polar surface area (TPSA) is 95.9 Å². The van der Waals surface area contributed by atoms with Crippen molar-refractivity contribution >= 4 is 24.5 Å². The number of hydrogen-bond acceptors (Lipinski definition) is 4. The van der Waals surface area contributed by atoms with E-state index < -0.39 is 25.0 Å². The first-order valence-corrected chi connectivity index (χ1v) is 8.54. The van der Waals surface area contributed by atoms with Crippen molar-refractivity contribution in [2.75, 3.05) is 0 Å². The van der Waals surface area contributed by atoms with Crippen LogP contribution in [0.25, 0.3) is 0 Å². The summed E-state index contributed by atoms with van der Waals surface area (Å²) in [6.45, 7) is 0.301. The molecule has 2 aromatic carbocycles. The quantitative estimate of drug-likeness (QED) is 0.648. The highest BCUT2D eigenvalue weighted by atomic mass is 16.5. The second-order valence-electron chi connectivity index (χ2n) is 6.32. The molecule has 1 heterocycles. The van der Waals surface area contributed by atoms with Gasteiger partial charge in [-0.2, -0.15) is 0 Å². The van der Waals surface area contributed by atoms with Crippen LogP contribution in [0.15, 0.2) is 48.5 Å². The normalized spacial score (nSPS) is 14.0. The number of hydrogen-bond donors (Lipinski definition) is 3. The van der Waals surface area contributed by atoms with Crippen LogP contribution in [0.4, 0.5) is 0 Å². The molecule has 6 nitrogen and oxygen atoms in total. The summed E-state index contributed by atoms with van der Waals surface area (Å²) in [7, 11) is -1.04. The highest BCUT2D eigenvalue weighted by Crippen LogP contribution is 2.12. The molecular weight excluding hydrogens is 333 g/mol. The van der Waals surface area contributed by atoms with E-state index in [1.807, 2.05) is 30.3 Å². The Morgan fingerprint density at radius 2 is 1.96 bits per heavy atom. The number of nitrogens with one attached hydrogen (secondary N) is 1. The Kier molecular flexibility index (Phi) is 5.70. The third kappa shape index (κ3) is 4.31. The molecule has 0 saturated carbocycles. The van der Waals surface area contributed by atoms with Crippen LogP contribution < -0.4 is 10.8 Å². The molecule has 0 unspecified atom stereocenters.